The second-order valence-corrected chi connectivity index (χ2v) is 15.7. The molecule has 0 saturated carbocycles. The highest BCUT2D eigenvalue weighted by Crippen LogP contribution is 2.43. The van der Waals surface area contributed by atoms with Crippen molar-refractivity contribution in [2.45, 2.75) is 200 Å². The van der Waals surface area contributed by atoms with Crippen LogP contribution in [0.1, 0.15) is 194 Å². The number of carbonyl (C=O) groups is 1. The first-order valence-electron chi connectivity index (χ1n) is 21.5. The van der Waals surface area contributed by atoms with Crippen molar-refractivity contribution in [2.24, 2.45) is 5.73 Å². The van der Waals surface area contributed by atoms with Crippen LogP contribution < -0.4 is 5.73 Å². The molecular formula is C43H82NO7P. The smallest absolute Gasteiger partial charge is 0.457 e. The van der Waals surface area contributed by atoms with Gasteiger partial charge in [-0.05, 0) is 51.4 Å². The molecular weight excluding hydrogens is 673 g/mol. The van der Waals surface area contributed by atoms with Gasteiger partial charge in [-0.2, -0.15) is 0 Å². The monoisotopic (exact) mass is 756 g/mol. The molecule has 0 amide bonds. The van der Waals surface area contributed by atoms with E-state index in [4.69, 9.17) is 24.3 Å². The molecule has 0 rings (SSSR count). The molecule has 0 aromatic heterocycles. The predicted molar refractivity (Wildman–Crippen MR) is 220 cm³/mol. The maximum absolute atomic E-state index is 12.6. The number of allylic oxidation sites excluding steroid dienone is 6. The molecule has 0 aliphatic rings. The van der Waals surface area contributed by atoms with Crippen molar-refractivity contribution in [3.63, 3.8) is 0 Å². The second kappa shape index (κ2) is 40.9. The van der Waals surface area contributed by atoms with Gasteiger partial charge < -0.3 is 20.1 Å². The number of esters is 1. The number of phosphoric ester groups is 1. The summed E-state index contributed by atoms with van der Waals surface area (Å²) in [5.74, 6) is -0.341. The summed E-state index contributed by atoms with van der Waals surface area (Å²) in [6.07, 6.45) is 45.8. The lowest BCUT2D eigenvalue weighted by Gasteiger charge is -2.20. The molecule has 306 valence electrons. The second-order valence-electron chi connectivity index (χ2n) is 14.2. The van der Waals surface area contributed by atoms with E-state index in [1.165, 1.54) is 116 Å². The van der Waals surface area contributed by atoms with Crippen LogP contribution in [0.5, 0.6) is 0 Å². The van der Waals surface area contributed by atoms with E-state index in [2.05, 4.69) is 50.3 Å². The summed E-state index contributed by atoms with van der Waals surface area (Å²) in [5, 5.41) is 0. The largest absolute Gasteiger partial charge is 0.472 e. The van der Waals surface area contributed by atoms with E-state index in [0.29, 0.717) is 13.0 Å². The zero-order valence-corrected chi connectivity index (χ0v) is 34.7. The molecule has 0 saturated heterocycles. The van der Waals surface area contributed by atoms with Crippen molar-refractivity contribution in [3.05, 3.63) is 36.5 Å². The first-order chi connectivity index (χ1) is 25.4. The molecule has 0 spiro atoms. The number of hydrogen-bond donors (Lipinski definition) is 2. The Morgan fingerprint density at radius 1 is 0.577 bits per heavy atom. The van der Waals surface area contributed by atoms with Crippen molar-refractivity contribution in [1.29, 1.82) is 0 Å². The molecule has 0 aliphatic carbocycles. The zero-order chi connectivity index (χ0) is 38.1. The lowest BCUT2D eigenvalue weighted by Crippen LogP contribution is -2.28. The third-order valence-electron chi connectivity index (χ3n) is 9.06. The molecule has 0 aliphatic heterocycles. The zero-order valence-electron chi connectivity index (χ0n) is 33.8. The fraction of sp³-hybridized carbons (Fsp3) is 0.837. The molecule has 0 radical (unpaired) electrons. The molecule has 9 heteroatoms. The third kappa shape index (κ3) is 39.9. The van der Waals surface area contributed by atoms with E-state index >= 15 is 0 Å². The normalized spacial score (nSPS) is 13.8. The minimum absolute atomic E-state index is 0.0975. The fourth-order valence-corrected chi connectivity index (χ4v) is 6.65. The van der Waals surface area contributed by atoms with Gasteiger partial charge in [-0.3, -0.25) is 13.8 Å². The number of rotatable bonds is 41. The summed E-state index contributed by atoms with van der Waals surface area (Å²) in [4.78, 5) is 22.5. The van der Waals surface area contributed by atoms with Gasteiger partial charge in [0.05, 0.1) is 19.8 Å². The topological polar surface area (TPSA) is 117 Å². The molecule has 0 heterocycles. The summed E-state index contributed by atoms with van der Waals surface area (Å²) < 4.78 is 33.4. The molecule has 2 unspecified atom stereocenters. The summed E-state index contributed by atoms with van der Waals surface area (Å²) in [6, 6.07) is 0. The summed E-state index contributed by atoms with van der Waals surface area (Å²) in [6.45, 7) is 4.90. The van der Waals surface area contributed by atoms with E-state index in [-0.39, 0.29) is 32.3 Å². The van der Waals surface area contributed by atoms with Gasteiger partial charge in [0.15, 0.2) is 0 Å². The third-order valence-corrected chi connectivity index (χ3v) is 10.0. The van der Waals surface area contributed by atoms with Crippen LogP contribution in [0.15, 0.2) is 36.5 Å². The highest BCUT2D eigenvalue weighted by Gasteiger charge is 2.25. The highest BCUT2D eigenvalue weighted by atomic mass is 31.2. The first-order valence-corrected chi connectivity index (χ1v) is 23.0. The number of carbonyl (C=O) groups excluding carboxylic acids is 1. The minimum Gasteiger partial charge on any atom is -0.457 e. The van der Waals surface area contributed by atoms with Gasteiger partial charge in [0.2, 0.25) is 0 Å². The maximum Gasteiger partial charge on any atom is 0.472 e. The van der Waals surface area contributed by atoms with E-state index in [0.717, 1.165) is 57.8 Å². The van der Waals surface area contributed by atoms with Crippen LogP contribution in [0, 0.1) is 0 Å². The van der Waals surface area contributed by atoms with Crippen LogP contribution in [-0.4, -0.2) is 49.9 Å². The Labute approximate surface area is 320 Å². The SMILES string of the molecule is CCCCC/C=C\C/C=C\C/C=C\CCCCCCCCC(=O)OC(COCCCCCCCCCCCCCCCC)COP(=O)(O)OCCN. The maximum atomic E-state index is 12.6. The number of ether oxygens (including phenoxy) is 2. The summed E-state index contributed by atoms with van der Waals surface area (Å²) in [5.41, 5.74) is 5.36. The minimum atomic E-state index is -4.28. The Morgan fingerprint density at radius 2 is 1.02 bits per heavy atom. The molecule has 8 nitrogen and oxygen atoms in total. The van der Waals surface area contributed by atoms with Gasteiger partial charge >= 0.3 is 13.8 Å². The van der Waals surface area contributed by atoms with E-state index in [1.54, 1.807) is 0 Å². The van der Waals surface area contributed by atoms with Gasteiger partial charge in [0.1, 0.15) is 6.10 Å². The molecule has 2 atom stereocenters. The average Bonchev–Trinajstić information content (AvgIpc) is 3.13. The molecule has 3 N–H and O–H groups in total. The van der Waals surface area contributed by atoms with Crippen LogP contribution in [0.3, 0.4) is 0 Å². The van der Waals surface area contributed by atoms with Crippen molar-refractivity contribution >= 4 is 13.8 Å². The van der Waals surface area contributed by atoms with Crippen molar-refractivity contribution in [2.75, 3.05) is 33.0 Å². The van der Waals surface area contributed by atoms with Crippen LogP contribution in [0.2, 0.25) is 0 Å². The Bertz CT molecular complexity index is 895. The quantitative estimate of drug-likeness (QED) is 0.0274. The lowest BCUT2D eigenvalue weighted by molar-refractivity contribution is -0.154. The van der Waals surface area contributed by atoms with Gasteiger partial charge in [-0.1, -0.05) is 172 Å². The van der Waals surface area contributed by atoms with Gasteiger partial charge in [-0.15, -0.1) is 0 Å². The van der Waals surface area contributed by atoms with Gasteiger partial charge in [0, 0.05) is 19.6 Å². The first kappa shape index (κ1) is 50.7. The number of phosphoric acid groups is 1. The molecule has 0 fully saturated rings. The van der Waals surface area contributed by atoms with E-state index in [1.807, 2.05) is 0 Å². The van der Waals surface area contributed by atoms with Crippen LogP contribution in [0.25, 0.3) is 0 Å². The van der Waals surface area contributed by atoms with Crippen molar-refractivity contribution in [3.8, 4) is 0 Å². The van der Waals surface area contributed by atoms with Crippen LogP contribution in [-0.2, 0) is 27.9 Å². The number of nitrogens with two attached hydrogens (primary N) is 1. The Hall–Kier alpha value is -1.28. The Kier molecular flexibility index (Phi) is 39.9. The lowest BCUT2D eigenvalue weighted by atomic mass is 10.0. The molecule has 0 aromatic carbocycles. The Balaban J connectivity index is 4.05. The summed E-state index contributed by atoms with van der Waals surface area (Å²) >= 11 is 0. The van der Waals surface area contributed by atoms with E-state index < -0.39 is 13.9 Å². The van der Waals surface area contributed by atoms with Gasteiger partial charge in [-0.25, -0.2) is 4.57 Å². The number of hydrogen-bond acceptors (Lipinski definition) is 7. The molecule has 52 heavy (non-hydrogen) atoms. The standard InChI is InChI=1S/C43H82NO7P/c1-3-5-7-9-11-13-15-17-19-20-21-22-23-24-26-28-30-32-34-36-43(45)51-42(41-50-52(46,47)49-39-37-44)40-48-38-35-33-31-29-27-25-18-16-14-12-10-8-6-4-2/h11,13,17,19,21-22,42H,3-10,12,14-16,18,20,23-41,44H2,1-2H3,(H,46,47)/b13-11-,19-17-,22-21-. The van der Waals surface area contributed by atoms with E-state index in [9.17, 15) is 14.3 Å². The summed E-state index contributed by atoms with van der Waals surface area (Å²) in [7, 11) is -4.28. The molecule has 0 bridgehead atoms. The predicted octanol–water partition coefficient (Wildman–Crippen LogP) is 12.6. The van der Waals surface area contributed by atoms with Crippen molar-refractivity contribution < 1.29 is 32.8 Å². The molecule has 0 aromatic rings. The van der Waals surface area contributed by atoms with Crippen LogP contribution in [0.4, 0.5) is 0 Å². The van der Waals surface area contributed by atoms with Crippen molar-refractivity contribution in [1.82, 2.24) is 0 Å². The van der Waals surface area contributed by atoms with Crippen LogP contribution >= 0.6 is 7.82 Å². The van der Waals surface area contributed by atoms with Gasteiger partial charge in [0.25, 0.3) is 0 Å². The highest BCUT2D eigenvalue weighted by molar-refractivity contribution is 7.47. The fourth-order valence-electron chi connectivity index (χ4n) is 5.89. The Morgan fingerprint density at radius 3 is 1.56 bits per heavy atom. The average molecular weight is 756 g/mol. The number of unbranched alkanes of at least 4 members (excludes halogenated alkanes) is 22.